The van der Waals surface area contributed by atoms with E-state index >= 15 is 0 Å². The first-order chi connectivity index (χ1) is 4.74. The maximum Gasteiger partial charge on any atom is 0.254 e. The zero-order chi connectivity index (χ0) is 7.56. The lowest BCUT2D eigenvalue weighted by atomic mass is 10.2. The minimum absolute atomic E-state index is 0.310. The predicted molar refractivity (Wildman–Crippen MR) is 34.9 cm³/mol. The molecule has 1 rings (SSSR count). The van der Waals surface area contributed by atoms with Crippen LogP contribution in [-0.4, -0.2) is 18.4 Å². The summed E-state index contributed by atoms with van der Waals surface area (Å²) in [5, 5.41) is 2.13. The molecule has 0 aromatic carbocycles. The monoisotopic (exact) mass is 140 g/mol. The molecule has 54 valence electrons. The predicted octanol–water partition coefficient (Wildman–Crippen LogP) is -1.08. The van der Waals surface area contributed by atoms with Crippen LogP contribution in [0.15, 0.2) is 11.6 Å². The summed E-state index contributed by atoms with van der Waals surface area (Å²) in [7, 11) is 0. The SMILES string of the molecule is NCCC1=CC(=O)NC1=O. The van der Waals surface area contributed by atoms with Gasteiger partial charge >= 0.3 is 0 Å². The Bertz CT molecular complexity index is 208. The van der Waals surface area contributed by atoms with Crippen LogP contribution in [0.25, 0.3) is 0 Å². The van der Waals surface area contributed by atoms with Gasteiger partial charge in [0, 0.05) is 11.6 Å². The zero-order valence-corrected chi connectivity index (χ0v) is 5.39. The lowest BCUT2D eigenvalue weighted by Gasteiger charge is -1.93. The van der Waals surface area contributed by atoms with Gasteiger partial charge in [0.1, 0.15) is 0 Å². The van der Waals surface area contributed by atoms with E-state index in [1.807, 2.05) is 0 Å². The Morgan fingerprint density at radius 1 is 1.50 bits per heavy atom. The molecule has 0 aromatic rings. The molecule has 0 spiro atoms. The molecule has 0 saturated carbocycles. The van der Waals surface area contributed by atoms with Crippen molar-refractivity contribution in [1.29, 1.82) is 0 Å². The Hall–Kier alpha value is -1.16. The van der Waals surface area contributed by atoms with Crippen LogP contribution < -0.4 is 11.1 Å². The van der Waals surface area contributed by atoms with Gasteiger partial charge in [-0.05, 0) is 13.0 Å². The van der Waals surface area contributed by atoms with Crippen LogP contribution in [0.4, 0.5) is 0 Å². The molecule has 1 aliphatic rings. The molecule has 0 aliphatic carbocycles. The molecule has 0 fully saturated rings. The highest BCUT2D eigenvalue weighted by Crippen LogP contribution is 2.04. The van der Waals surface area contributed by atoms with Crippen LogP contribution >= 0.6 is 0 Å². The second-order valence-corrected chi connectivity index (χ2v) is 2.03. The second-order valence-electron chi connectivity index (χ2n) is 2.03. The molecule has 0 saturated heterocycles. The molecule has 10 heavy (non-hydrogen) atoms. The molecule has 2 amide bonds. The molecular formula is C6H8N2O2. The normalized spacial score (nSPS) is 17.1. The summed E-state index contributed by atoms with van der Waals surface area (Å²) in [4.78, 5) is 21.2. The van der Waals surface area contributed by atoms with Gasteiger partial charge in [-0.2, -0.15) is 0 Å². The third-order valence-electron chi connectivity index (χ3n) is 1.25. The van der Waals surface area contributed by atoms with Gasteiger partial charge < -0.3 is 5.73 Å². The van der Waals surface area contributed by atoms with Crippen LogP contribution in [0.1, 0.15) is 6.42 Å². The van der Waals surface area contributed by atoms with Crippen molar-refractivity contribution in [3.05, 3.63) is 11.6 Å². The fraction of sp³-hybridized carbons (Fsp3) is 0.333. The highest BCUT2D eigenvalue weighted by molar-refractivity contribution is 6.16. The maximum atomic E-state index is 10.7. The Morgan fingerprint density at radius 3 is 2.60 bits per heavy atom. The average Bonchev–Trinajstić information content (AvgIpc) is 2.13. The minimum atomic E-state index is -0.339. The molecular weight excluding hydrogens is 132 g/mol. The second kappa shape index (κ2) is 2.62. The fourth-order valence-corrected chi connectivity index (χ4v) is 0.793. The Kier molecular flexibility index (Phi) is 1.82. The average molecular weight is 140 g/mol. The first-order valence-electron chi connectivity index (χ1n) is 3.00. The number of imide groups is 1. The van der Waals surface area contributed by atoms with E-state index in [1.54, 1.807) is 0 Å². The molecule has 4 heteroatoms. The number of nitrogens with one attached hydrogen (secondary N) is 1. The number of carbonyl (C=O) groups excluding carboxylic acids is 2. The number of hydrogen-bond acceptors (Lipinski definition) is 3. The van der Waals surface area contributed by atoms with E-state index in [2.05, 4.69) is 5.32 Å². The Balaban J connectivity index is 2.65. The Morgan fingerprint density at radius 2 is 2.20 bits per heavy atom. The van der Waals surface area contributed by atoms with E-state index in [0.29, 0.717) is 18.5 Å². The molecule has 0 radical (unpaired) electrons. The molecule has 1 aliphatic heterocycles. The Labute approximate surface area is 58.1 Å². The summed E-state index contributed by atoms with van der Waals surface area (Å²) in [5.41, 5.74) is 5.66. The number of rotatable bonds is 2. The van der Waals surface area contributed by atoms with Gasteiger partial charge in [-0.3, -0.25) is 14.9 Å². The van der Waals surface area contributed by atoms with E-state index in [9.17, 15) is 9.59 Å². The number of nitrogens with two attached hydrogens (primary N) is 1. The number of hydrogen-bond donors (Lipinski definition) is 2. The third kappa shape index (κ3) is 1.22. The first kappa shape index (κ1) is 6.95. The maximum absolute atomic E-state index is 10.7. The molecule has 4 nitrogen and oxygen atoms in total. The summed E-state index contributed by atoms with van der Waals surface area (Å²) < 4.78 is 0. The standard InChI is InChI=1S/C6H8N2O2/c7-2-1-4-3-5(9)8-6(4)10/h3H,1-2,7H2,(H,8,9,10). The van der Waals surface area contributed by atoms with Crippen molar-refractivity contribution in [2.45, 2.75) is 6.42 Å². The number of amides is 2. The van der Waals surface area contributed by atoms with Gasteiger partial charge in [0.25, 0.3) is 11.8 Å². The topological polar surface area (TPSA) is 72.2 Å². The zero-order valence-electron chi connectivity index (χ0n) is 5.39. The van der Waals surface area contributed by atoms with Crippen molar-refractivity contribution in [2.24, 2.45) is 5.73 Å². The van der Waals surface area contributed by atoms with Crippen molar-refractivity contribution < 1.29 is 9.59 Å². The van der Waals surface area contributed by atoms with Gasteiger partial charge in [-0.1, -0.05) is 0 Å². The highest BCUT2D eigenvalue weighted by Gasteiger charge is 2.18. The summed E-state index contributed by atoms with van der Waals surface area (Å²) in [6, 6.07) is 0. The van der Waals surface area contributed by atoms with Gasteiger partial charge in [0.15, 0.2) is 0 Å². The quantitative estimate of drug-likeness (QED) is 0.479. The van der Waals surface area contributed by atoms with Crippen molar-refractivity contribution >= 4 is 11.8 Å². The summed E-state index contributed by atoms with van der Waals surface area (Å²) in [6.07, 6.45) is 1.76. The van der Waals surface area contributed by atoms with Crippen LogP contribution in [0.2, 0.25) is 0 Å². The summed E-state index contributed by atoms with van der Waals surface area (Å²) in [6.45, 7) is 0.395. The lowest BCUT2D eigenvalue weighted by molar-refractivity contribution is -0.123. The largest absolute Gasteiger partial charge is 0.330 e. The molecule has 0 unspecified atom stereocenters. The van der Waals surface area contributed by atoms with Crippen LogP contribution in [0.3, 0.4) is 0 Å². The molecule has 3 N–H and O–H groups in total. The van der Waals surface area contributed by atoms with Gasteiger partial charge in [-0.15, -0.1) is 0 Å². The van der Waals surface area contributed by atoms with E-state index in [0.717, 1.165) is 0 Å². The highest BCUT2D eigenvalue weighted by atomic mass is 16.2. The van der Waals surface area contributed by atoms with Gasteiger partial charge in [0.05, 0.1) is 0 Å². The third-order valence-corrected chi connectivity index (χ3v) is 1.25. The smallest absolute Gasteiger partial charge is 0.254 e. The first-order valence-corrected chi connectivity index (χ1v) is 3.00. The van der Waals surface area contributed by atoms with Crippen molar-refractivity contribution in [1.82, 2.24) is 5.32 Å². The lowest BCUT2D eigenvalue weighted by Crippen LogP contribution is -2.22. The number of carbonyl (C=O) groups is 2. The van der Waals surface area contributed by atoms with E-state index in [-0.39, 0.29) is 11.8 Å². The van der Waals surface area contributed by atoms with Crippen molar-refractivity contribution in [3.8, 4) is 0 Å². The van der Waals surface area contributed by atoms with Crippen LogP contribution in [0, 0.1) is 0 Å². The van der Waals surface area contributed by atoms with Crippen molar-refractivity contribution in [3.63, 3.8) is 0 Å². The minimum Gasteiger partial charge on any atom is -0.330 e. The van der Waals surface area contributed by atoms with Crippen LogP contribution in [-0.2, 0) is 9.59 Å². The van der Waals surface area contributed by atoms with E-state index < -0.39 is 0 Å². The fourth-order valence-electron chi connectivity index (χ4n) is 0.793. The van der Waals surface area contributed by atoms with E-state index in [1.165, 1.54) is 6.08 Å². The van der Waals surface area contributed by atoms with Gasteiger partial charge in [0.2, 0.25) is 0 Å². The molecule has 1 heterocycles. The summed E-state index contributed by atoms with van der Waals surface area (Å²) >= 11 is 0. The van der Waals surface area contributed by atoms with Crippen LogP contribution in [0.5, 0.6) is 0 Å². The molecule has 0 bridgehead atoms. The molecule has 0 atom stereocenters. The van der Waals surface area contributed by atoms with Gasteiger partial charge in [-0.25, -0.2) is 0 Å². The van der Waals surface area contributed by atoms with E-state index in [4.69, 9.17) is 5.73 Å². The van der Waals surface area contributed by atoms with Crippen molar-refractivity contribution in [2.75, 3.05) is 6.54 Å². The molecule has 0 aromatic heterocycles. The summed E-state index contributed by atoms with van der Waals surface area (Å²) in [5.74, 6) is -0.649.